The number of aromatic nitrogens is 2. The molecule has 2 aromatic carbocycles. The van der Waals surface area contributed by atoms with E-state index in [2.05, 4.69) is 5.32 Å². The number of carbonyl (C=O) groups excluding carboxylic acids is 1. The Morgan fingerprint density at radius 2 is 1.69 bits per heavy atom. The molecule has 3 aromatic rings. The Bertz CT molecular complexity index is 1240. The van der Waals surface area contributed by atoms with Crippen molar-refractivity contribution >= 4 is 27.8 Å². The summed E-state index contributed by atoms with van der Waals surface area (Å²) in [6, 6.07) is 20.6. The summed E-state index contributed by atoms with van der Waals surface area (Å²) >= 11 is 0. The third kappa shape index (κ3) is 7.37. The van der Waals surface area contributed by atoms with Gasteiger partial charge in [0, 0.05) is 23.4 Å². The predicted molar refractivity (Wildman–Crippen MR) is 142 cm³/mol. The van der Waals surface area contributed by atoms with Gasteiger partial charge in [-0.1, -0.05) is 82.6 Å². The molecule has 1 heterocycles. The van der Waals surface area contributed by atoms with Gasteiger partial charge in [-0.2, -0.15) is 9.40 Å². The first-order valence-electron chi connectivity index (χ1n) is 11.8. The van der Waals surface area contributed by atoms with Gasteiger partial charge in [0.05, 0.1) is 17.9 Å². The van der Waals surface area contributed by atoms with Gasteiger partial charge in [-0.3, -0.25) is 4.79 Å². The minimum Gasteiger partial charge on any atom is -0.309 e. The van der Waals surface area contributed by atoms with E-state index in [1.165, 1.54) is 4.31 Å². The second kappa shape index (κ2) is 11.5. The fourth-order valence-electron chi connectivity index (χ4n) is 3.39. The lowest BCUT2D eigenvalue weighted by molar-refractivity contribution is -0.116. The second-order valence-corrected chi connectivity index (χ2v) is 11.2. The highest BCUT2D eigenvalue weighted by Gasteiger charge is 2.25. The SMILES string of the molecule is CCCCN(CC(=O)Nc1cc(C(C)(C)C)nn1-c1ccccc1)S(=O)(=O)C=Cc1ccccc1. The minimum absolute atomic E-state index is 0.224. The van der Waals surface area contributed by atoms with E-state index >= 15 is 0 Å². The van der Waals surface area contributed by atoms with Gasteiger partial charge in [0.15, 0.2) is 0 Å². The molecule has 8 heteroatoms. The number of sulfonamides is 1. The van der Waals surface area contributed by atoms with E-state index in [4.69, 9.17) is 5.10 Å². The zero-order valence-corrected chi connectivity index (χ0v) is 21.6. The topological polar surface area (TPSA) is 84.3 Å². The van der Waals surface area contributed by atoms with Gasteiger partial charge in [-0.05, 0) is 30.2 Å². The number of benzene rings is 2. The molecular formula is C27H34N4O3S. The standard InChI is InChI=1S/C27H34N4O3S/c1-5-6-18-30(35(33,34)19-17-22-13-9-7-10-14-22)21-26(32)28-25-20-24(27(2,3)4)29-31(25)23-15-11-8-12-16-23/h7-17,19-20H,5-6,18,21H2,1-4H3,(H,28,32). The molecule has 0 unspecified atom stereocenters. The average Bonchev–Trinajstić information content (AvgIpc) is 3.26. The molecule has 0 bridgehead atoms. The van der Waals surface area contributed by atoms with E-state index in [9.17, 15) is 13.2 Å². The molecule has 0 radical (unpaired) electrons. The van der Waals surface area contributed by atoms with Gasteiger partial charge in [0.25, 0.3) is 0 Å². The maximum absolute atomic E-state index is 13.1. The van der Waals surface area contributed by atoms with E-state index < -0.39 is 15.9 Å². The lowest BCUT2D eigenvalue weighted by atomic mass is 9.92. The number of hydrogen-bond acceptors (Lipinski definition) is 4. The van der Waals surface area contributed by atoms with Crippen molar-refractivity contribution in [2.75, 3.05) is 18.4 Å². The number of unbranched alkanes of at least 4 members (excludes halogenated alkanes) is 1. The summed E-state index contributed by atoms with van der Waals surface area (Å²) in [5.41, 5.74) is 2.17. The maximum Gasteiger partial charge on any atom is 0.240 e. The minimum atomic E-state index is -3.79. The lowest BCUT2D eigenvalue weighted by Gasteiger charge is -2.20. The van der Waals surface area contributed by atoms with E-state index in [0.717, 1.165) is 28.8 Å². The summed E-state index contributed by atoms with van der Waals surface area (Å²) in [5.74, 6) is 0.0779. The molecule has 1 amide bonds. The summed E-state index contributed by atoms with van der Waals surface area (Å²) < 4.78 is 29.0. The maximum atomic E-state index is 13.1. The predicted octanol–water partition coefficient (Wildman–Crippen LogP) is 5.21. The molecule has 0 aliphatic rings. The fourth-order valence-corrected chi connectivity index (χ4v) is 4.57. The second-order valence-electron chi connectivity index (χ2n) is 9.41. The molecule has 1 aromatic heterocycles. The van der Waals surface area contributed by atoms with Crippen LogP contribution >= 0.6 is 0 Å². The number of carbonyl (C=O) groups is 1. The molecule has 1 N–H and O–H groups in total. The van der Waals surface area contributed by atoms with Gasteiger partial charge in [-0.25, -0.2) is 13.1 Å². The third-order valence-electron chi connectivity index (χ3n) is 5.42. The van der Waals surface area contributed by atoms with Crippen molar-refractivity contribution in [3.8, 4) is 5.69 Å². The van der Waals surface area contributed by atoms with Gasteiger partial charge < -0.3 is 5.32 Å². The monoisotopic (exact) mass is 494 g/mol. The highest BCUT2D eigenvalue weighted by atomic mass is 32.2. The largest absolute Gasteiger partial charge is 0.309 e. The van der Waals surface area contributed by atoms with E-state index in [0.29, 0.717) is 12.2 Å². The quantitative estimate of drug-likeness (QED) is 0.419. The summed E-state index contributed by atoms with van der Waals surface area (Å²) in [6.45, 7) is 8.11. The van der Waals surface area contributed by atoms with Gasteiger partial charge >= 0.3 is 0 Å². The van der Waals surface area contributed by atoms with Crippen molar-refractivity contribution in [1.29, 1.82) is 0 Å². The van der Waals surface area contributed by atoms with Crippen molar-refractivity contribution < 1.29 is 13.2 Å². The first-order valence-corrected chi connectivity index (χ1v) is 13.3. The van der Waals surface area contributed by atoms with Gasteiger partial charge in [0.1, 0.15) is 5.82 Å². The first kappa shape index (κ1) is 26.4. The molecule has 0 saturated heterocycles. The van der Waals surface area contributed by atoms with Crippen molar-refractivity contribution in [1.82, 2.24) is 14.1 Å². The van der Waals surface area contributed by atoms with Crippen molar-refractivity contribution in [3.63, 3.8) is 0 Å². The molecule has 0 aliphatic carbocycles. The van der Waals surface area contributed by atoms with Crippen molar-refractivity contribution in [2.24, 2.45) is 0 Å². The Balaban J connectivity index is 1.83. The lowest BCUT2D eigenvalue weighted by Crippen LogP contribution is -2.37. The molecule has 186 valence electrons. The molecule has 3 rings (SSSR count). The average molecular weight is 495 g/mol. The van der Waals surface area contributed by atoms with Gasteiger partial charge in [0.2, 0.25) is 15.9 Å². The highest BCUT2D eigenvalue weighted by molar-refractivity contribution is 7.92. The zero-order valence-electron chi connectivity index (χ0n) is 20.8. The molecule has 0 saturated carbocycles. The van der Waals surface area contributed by atoms with Crippen LogP contribution < -0.4 is 5.32 Å². The van der Waals surface area contributed by atoms with Crippen LogP contribution in [0.15, 0.2) is 72.1 Å². The zero-order chi connectivity index (χ0) is 25.5. The normalized spacial score (nSPS) is 12.4. The number of rotatable bonds is 10. The van der Waals surface area contributed by atoms with Gasteiger partial charge in [-0.15, -0.1) is 0 Å². The summed E-state index contributed by atoms with van der Waals surface area (Å²) in [4.78, 5) is 13.1. The number of anilines is 1. The molecule has 35 heavy (non-hydrogen) atoms. The number of amides is 1. The van der Waals surface area contributed by atoms with Crippen LogP contribution in [0.3, 0.4) is 0 Å². The summed E-state index contributed by atoms with van der Waals surface area (Å²) in [6.07, 6.45) is 3.01. The molecule has 0 spiro atoms. The third-order valence-corrected chi connectivity index (χ3v) is 6.93. The van der Waals surface area contributed by atoms with Crippen molar-refractivity contribution in [3.05, 3.63) is 83.4 Å². The Labute approximate surface area is 208 Å². The molecule has 0 atom stereocenters. The van der Waals surface area contributed by atoms with Crippen LogP contribution in [0.5, 0.6) is 0 Å². The van der Waals surface area contributed by atoms with Crippen molar-refractivity contribution in [2.45, 2.75) is 46.0 Å². The highest BCUT2D eigenvalue weighted by Crippen LogP contribution is 2.26. The Kier molecular flexibility index (Phi) is 8.64. The van der Waals surface area contributed by atoms with Crippen LogP contribution in [-0.2, 0) is 20.2 Å². The number of para-hydroxylation sites is 1. The first-order chi connectivity index (χ1) is 16.6. The Hall–Kier alpha value is -3.23. The van der Waals surface area contributed by atoms with Crippen LogP contribution in [-0.4, -0.2) is 41.5 Å². The van der Waals surface area contributed by atoms with Crippen LogP contribution in [0, 0.1) is 0 Å². The van der Waals surface area contributed by atoms with Crippen LogP contribution in [0.4, 0.5) is 5.82 Å². The number of nitrogens with one attached hydrogen (secondary N) is 1. The van der Waals surface area contributed by atoms with E-state index in [1.807, 2.05) is 94.4 Å². The number of nitrogens with zero attached hydrogens (tertiary/aromatic N) is 3. The van der Waals surface area contributed by atoms with E-state index in [-0.39, 0.29) is 18.5 Å². The smallest absolute Gasteiger partial charge is 0.240 e. The summed E-state index contributed by atoms with van der Waals surface area (Å²) in [7, 11) is -3.79. The van der Waals surface area contributed by atoms with E-state index in [1.54, 1.807) is 10.8 Å². The Morgan fingerprint density at radius 1 is 1.06 bits per heavy atom. The van der Waals surface area contributed by atoms with Crippen LogP contribution in [0.2, 0.25) is 0 Å². The molecule has 0 aliphatic heterocycles. The number of hydrogen-bond donors (Lipinski definition) is 1. The van der Waals surface area contributed by atoms with Crippen LogP contribution in [0.1, 0.15) is 51.8 Å². The summed E-state index contributed by atoms with van der Waals surface area (Å²) in [5, 5.41) is 8.75. The molecular weight excluding hydrogens is 460 g/mol. The molecule has 0 fully saturated rings. The Morgan fingerprint density at radius 3 is 2.29 bits per heavy atom. The van der Waals surface area contributed by atoms with Crippen LogP contribution in [0.25, 0.3) is 11.8 Å². The molecule has 7 nitrogen and oxygen atoms in total. The fraction of sp³-hybridized carbons (Fsp3) is 0.333.